The van der Waals surface area contributed by atoms with E-state index in [9.17, 15) is 0 Å². The van der Waals surface area contributed by atoms with Crippen LogP contribution in [-0.2, 0) is 0 Å². The summed E-state index contributed by atoms with van der Waals surface area (Å²) in [6.07, 6.45) is 0. The van der Waals surface area contributed by atoms with Crippen molar-refractivity contribution in [2.24, 2.45) is 0 Å². The zero-order chi connectivity index (χ0) is 39.0. The molecule has 0 N–H and O–H groups in total. The fraction of sp³-hybridized carbons (Fsp3) is 0.0357. The second-order valence-corrected chi connectivity index (χ2v) is 15.2. The molecule has 0 aliphatic rings. The molecule has 2 nitrogen and oxygen atoms in total. The zero-order valence-electron chi connectivity index (χ0n) is 32.7. The third kappa shape index (κ3) is 6.45. The predicted octanol–water partition coefficient (Wildman–Crippen LogP) is 15.5. The van der Waals surface area contributed by atoms with Gasteiger partial charge in [0.25, 0.3) is 0 Å². The average Bonchev–Trinajstić information content (AvgIpc) is 3.61. The number of aromatic nitrogens is 1. The summed E-state index contributed by atoms with van der Waals surface area (Å²) in [5, 5.41) is 2.44. The first-order valence-electron chi connectivity index (χ1n) is 20.0. The first-order chi connectivity index (χ1) is 28.6. The molecule has 0 spiro atoms. The van der Waals surface area contributed by atoms with Crippen LogP contribution >= 0.6 is 0 Å². The number of benzene rings is 9. The lowest BCUT2D eigenvalue weighted by Crippen LogP contribution is -2.11. The van der Waals surface area contributed by atoms with Crippen LogP contribution in [0.25, 0.3) is 72.0 Å². The van der Waals surface area contributed by atoms with E-state index in [2.05, 4.69) is 242 Å². The van der Waals surface area contributed by atoms with Gasteiger partial charge in [-0.15, -0.1) is 0 Å². The summed E-state index contributed by atoms with van der Waals surface area (Å²) >= 11 is 0. The summed E-state index contributed by atoms with van der Waals surface area (Å²) in [7, 11) is 0. The summed E-state index contributed by atoms with van der Waals surface area (Å²) in [6, 6.07) is 79.5. The maximum Gasteiger partial charge on any atom is 0.0562 e. The van der Waals surface area contributed by atoms with Crippen LogP contribution in [0.4, 0.5) is 17.1 Å². The van der Waals surface area contributed by atoms with Gasteiger partial charge in [-0.2, -0.15) is 0 Å². The van der Waals surface area contributed by atoms with E-state index < -0.39 is 0 Å². The lowest BCUT2D eigenvalue weighted by atomic mass is 9.95. The SMILES string of the molecule is Cc1cccc(-c2ccc(-n3c4ccccc4c4ccc(N(c5ccc(-c6ccccc6)cc5)c5ccccc5-c5ccccc5)cc43)c(-c3cccc(C)c3)c2)c1. The van der Waals surface area contributed by atoms with Crippen molar-refractivity contribution in [1.29, 1.82) is 0 Å². The molecule has 0 saturated carbocycles. The van der Waals surface area contributed by atoms with Crippen LogP contribution in [0.15, 0.2) is 218 Å². The Labute approximate surface area is 340 Å². The fourth-order valence-corrected chi connectivity index (χ4v) is 8.53. The lowest BCUT2D eigenvalue weighted by molar-refractivity contribution is 1.18. The molecule has 58 heavy (non-hydrogen) atoms. The summed E-state index contributed by atoms with van der Waals surface area (Å²) in [4.78, 5) is 2.42. The Bertz CT molecular complexity index is 3070. The van der Waals surface area contributed by atoms with Crippen LogP contribution in [0.3, 0.4) is 0 Å². The summed E-state index contributed by atoms with van der Waals surface area (Å²) in [5.74, 6) is 0. The molecule has 10 rings (SSSR count). The molecule has 0 atom stereocenters. The van der Waals surface area contributed by atoms with E-state index in [0.717, 1.165) is 28.3 Å². The van der Waals surface area contributed by atoms with E-state index in [-0.39, 0.29) is 0 Å². The highest BCUT2D eigenvalue weighted by molar-refractivity contribution is 6.11. The minimum Gasteiger partial charge on any atom is -0.310 e. The van der Waals surface area contributed by atoms with Crippen LogP contribution in [-0.4, -0.2) is 4.57 Å². The standard InChI is InChI=1S/C56H42N2/c1-39-15-13-21-44(35-39)45-29-34-55(52(37-45)46-22-14-16-40(2)36-46)58-54-26-12-10-24-50(54)51-33-32-48(38-56(51)58)57(47-30-27-42(28-31-47)41-17-5-3-6-18-41)53-25-11-9-23-49(53)43-19-7-4-8-20-43/h3-38H,1-2H3. The Morgan fingerprint density at radius 1 is 0.328 bits per heavy atom. The molecule has 0 radical (unpaired) electrons. The van der Waals surface area contributed by atoms with Gasteiger partial charge >= 0.3 is 0 Å². The van der Waals surface area contributed by atoms with Crippen molar-refractivity contribution in [2.75, 3.05) is 4.90 Å². The second kappa shape index (κ2) is 14.9. The first kappa shape index (κ1) is 35.0. The fourth-order valence-electron chi connectivity index (χ4n) is 8.53. The predicted molar refractivity (Wildman–Crippen MR) is 247 cm³/mol. The molecule has 0 fully saturated rings. The summed E-state index contributed by atoms with van der Waals surface area (Å²) in [6.45, 7) is 4.34. The number of nitrogens with zero attached hydrogens (tertiary/aromatic N) is 2. The van der Waals surface area contributed by atoms with Crippen LogP contribution in [0.5, 0.6) is 0 Å². The number of para-hydroxylation sites is 2. The van der Waals surface area contributed by atoms with Crippen molar-refractivity contribution in [2.45, 2.75) is 13.8 Å². The Hall–Kier alpha value is -7.42. The molecular weight excluding hydrogens is 701 g/mol. The number of aryl methyl sites for hydroxylation is 2. The second-order valence-electron chi connectivity index (χ2n) is 15.2. The highest BCUT2D eigenvalue weighted by atomic mass is 15.1. The molecule has 0 saturated heterocycles. The maximum atomic E-state index is 2.48. The molecule has 0 amide bonds. The van der Waals surface area contributed by atoms with Gasteiger partial charge in [-0.3, -0.25) is 0 Å². The summed E-state index contributed by atoms with van der Waals surface area (Å²) in [5.41, 5.74) is 18.8. The Morgan fingerprint density at radius 2 is 0.879 bits per heavy atom. The smallest absolute Gasteiger partial charge is 0.0562 e. The minimum absolute atomic E-state index is 1.08. The normalized spacial score (nSPS) is 11.3. The van der Waals surface area contributed by atoms with Gasteiger partial charge in [-0.1, -0.05) is 181 Å². The molecule has 0 bridgehead atoms. The topological polar surface area (TPSA) is 8.17 Å². The molecule has 2 heteroatoms. The number of hydrogen-bond donors (Lipinski definition) is 0. The number of fused-ring (bicyclic) bond motifs is 3. The van der Waals surface area contributed by atoms with Crippen molar-refractivity contribution in [3.05, 3.63) is 230 Å². The van der Waals surface area contributed by atoms with Crippen molar-refractivity contribution in [3.63, 3.8) is 0 Å². The van der Waals surface area contributed by atoms with E-state index in [1.807, 2.05) is 0 Å². The van der Waals surface area contributed by atoms with E-state index >= 15 is 0 Å². The van der Waals surface area contributed by atoms with Crippen LogP contribution in [0.1, 0.15) is 11.1 Å². The third-order valence-electron chi connectivity index (χ3n) is 11.3. The van der Waals surface area contributed by atoms with Gasteiger partial charge in [-0.05, 0) is 95.8 Å². The van der Waals surface area contributed by atoms with Crippen molar-refractivity contribution in [1.82, 2.24) is 4.57 Å². The average molecular weight is 743 g/mol. The lowest BCUT2D eigenvalue weighted by Gasteiger charge is -2.28. The maximum absolute atomic E-state index is 2.48. The number of rotatable bonds is 8. The van der Waals surface area contributed by atoms with Crippen LogP contribution in [0.2, 0.25) is 0 Å². The van der Waals surface area contributed by atoms with Gasteiger partial charge < -0.3 is 9.47 Å². The van der Waals surface area contributed by atoms with Gasteiger partial charge in [0.15, 0.2) is 0 Å². The number of anilines is 3. The Kier molecular flexibility index (Phi) is 9.01. The first-order valence-corrected chi connectivity index (χ1v) is 20.0. The molecule has 1 aromatic heterocycles. The van der Waals surface area contributed by atoms with Crippen LogP contribution < -0.4 is 4.90 Å². The van der Waals surface area contributed by atoms with Crippen LogP contribution in [0, 0.1) is 13.8 Å². The molecule has 0 unspecified atom stereocenters. The molecule has 0 aliphatic heterocycles. The van der Waals surface area contributed by atoms with Gasteiger partial charge in [0.05, 0.1) is 22.4 Å². The third-order valence-corrected chi connectivity index (χ3v) is 11.3. The Morgan fingerprint density at radius 3 is 1.64 bits per heavy atom. The zero-order valence-corrected chi connectivity index (χ0v) is 32.7. The highest BCUT2D eigenvalue weighted by Gasteiger charge is 2.21. The van der Waals surface area contributed by atoms with E-state index in [0.29, 0.717) is 0 Å². The van der Waals surface area contributed by atoms with Gasteiger partial charge in [0.2, 0.25) is 0 Å². The van der Waals surface area contributed by atoms with E-state index in [4.69, 9.17) is 0 Å². The van der Waals surface area contributed by atoms with Crippen molar-refractivity contribution >= 4 is 38.9 Å². The van der Waals surface area contributed by atoms with E-state index in [1.54, 1.807) is 0 Å². The molecular formula is C56H42N2. The number of hydrogen-bond acceptors (Lipinski definition) is 1. The van der Waals surface area contributed by atoms with Gasteiger partial charge in [0.1, 0.15) is 0 Å². The van der Waals surface area contributed by atoms with Crippen molar-refractivity contribution < 1.29 is 0 Å². The largest absolute Gasteiger partial charge is 0.310 e. The molecule has 10 aromatic rings. The minimum atomic E-state index is 1.08. The van der Waals surface area contributed by atoms with Crippen molar-refractivity contribution in [3.8, 4) is 50.2 Å². The van der Waals surface area contributed by atoms with Gasteiger partial charge in [-0.25, -0.2) is 0 Å². The molecule has 1 heterocycles. The monoisotopic (exact) mass is 742 g/mol. The molecule has 0 aliphatic carbocycles. The molecule has 9 aromatic carbocycles. The highest BCUT2D eigenvalue weighted by Crippen LogP contribution is 2.44. The molecule has 276 valence electrons. The quantitative estimate of drug-likeness (QED) is 0.150. The van der Waals surface area contributed by atoms with E-state index in [1.165, 1.54) is 71.9 Å². The summed E-state index contributed by atoms with van der Waals surface area (Å²) < 4.78 is 2.48. The van der Waals surface area contributed by atoms with Gasteiger partial charge in [0, 0.05) is 33.3 Å². The Balaban J connectivity index is 1.22.